The van der Waals surface area contributed by atoms with Crippen molar-refractivity contribution in [1.29, 1.82) is 0 Å². The van der Waals surface area contributed by atoms with E-state index in [0.717, 1.165) is 54.3 Å². The number of carbonyl (C=O) groups is 1. The van der Waals surface area contributed by atoms with E-state index in [2.05, 4.69) is 71.6 Å². The van der Waals surface area contributed by atoms with Gasteiger partial charge in [-0.3, -0.25) is 9.48 Å². The average molecular weight is 416 g/mol. The maximum Gasteiger partial charge on any atom is 0.230 e. The first kappa shape index (κ1) is 19.7. The molecule has 1 fully saturated rings. The zero-order valence-corrected chi connectivity index (χ0v) is 18.4. The molecule has 2 aliphatic heterocycles. The Balaban J connectivity index is 1.38. The van der Waals surface area contributed by atoms with Crippen molar-refractivity contribution in [3.05, 3.63) is 65.4 Å². The fourth-order valence-electron chi connectivity index (χ4n) is 4.69. The van der Waals surface area contributed by atoms with Gasteiger partial charge in [0.2, 0.25) is 5.91 Å². The fourth-order valence-corrected chi connectivity index (χ4v) is 4.69. The molecule has 0 atom stereocenters. The molecule has 6 nitrogen and oxygen atoms in total. The molecular formula is C25H29N5O. The molecule has 1 saturated heterocycles. The average Bonchev–Trinajstić information content (AvgIpc) is 3.02. The smallest absolute Gasteiger partial charge is 0.230 e. The van der Waals surface area contributed by atoms with Crippen LogP contribution in [0.2, 0.25) is 0 Å². The van der Waals surface area contributed by atoms with Crippen molar-refractivity contribution in [3.8, 4) is 0 Å². The SMILES string of the molecule is Cc1ccc(N2CCC(C(=O)N3Cc4cnn(C)c4Nc4cc(C)ccc43)CC2)cc1. The molecule has 2 aromatic carbocycles. The van der Waals surface area contributed by atoms with Gasteiger partial charge in [-0.05, 0) is 56.5 Å². The van der Waals surface area contributed by atoms with Crippen LogP contribution in [-0.4, -0.2) is 28.8 Å². The molecule has 1 aromatic heterocycles. The highest BCUT2D eigenvalue weighted by molar-refractivity contribution is 5.99. The molecule has 0 unspecified atom stereocenters. The molecule has 31 heavy (non-hydrogen) atoms. The summed E-state index contributed by atoms with van der Waals surface area (Å²) in [6.45, 7) is 6.54. The van der Waals surface area contributed by atoms with Gasteiger partial charge in [0, 0.05) is 37.3 Å². The van der Waals surface area contributed by atoms with E-state index in [1.54, 1.807) is 0 Å². The van der Waals surface area contributed by atoms with E-state index < -0.39 is 0 Å². The molecule has 3 heterocycles. The van der Waals surface area contributed by atoms with Crippen LogP contribution in [0.1, 0.15) is 29.5 Å². The summed E-state index contributed by atoms with van der Waals surface area (Å²) in [5.74, 6) is 1.21. The highest BCUT2D eigenvalue weighted by Gasteiger charge is 2.32. The van der Waals surface area contributed by atoms with Crippen LogP contribution in [0.4, 0.5) is 22.9 Å². The Kier molecular flexibility index (Phi) is 4.93. The number of nitrogens with zero attached hydrogens (tertiary/aromatic N) is 4. The van der Waals surface area contributed by atoms with E-state index in [-0.39, 0.29) is 11.8 Å². The van der Waals surface area contributed by atoms with Gasteiger partial charge in [0.15, 0.2) is 0 Å². The lowest BCUT2D eigenvalue weighted by Crippen LogP contribution is -2.42. The van der Waals surface area contributed by atoms with E-state index in [1.807, 2.05) is 22.8 Å². The number of hydrogen-bond acceptors (Lipinski definition) is 4. The summed E-state index contributed by atoms with van der Waals surface area (Å²) in [5, 5.41) is 7.91. The second-order valence-corrected chi connectivity index (χ2v) is 8.81. The maximum absolute atomic E-state index is 13.7. The molecule has 160 valence electrons. The number of carbonyl (C=O) groups excluding carboxylic acids is 1. The molecule has 0 spiro atoms. The third-order valence-electron chi connectivity index (χ3n) is 6.55. The van der Waals surface area contributed by atoms with Gasteiger partial charge in [-0.1, -0.05) is 23.8 Å². The van der Waals surface area contributed by atoms with Gasteiger partial charge >= 0.3 is 0 Å². The van der Waals surface area contributed by atoms with E-state index in [0.29, 0.717) is 6.54 Å². The molecule has 0 radical (unpaired) electrons. The van der Waals surface area contributed by atoms with Crippen molar-refractivity contribution < 1.29 is 4.79 Å². The minimum absolute atomic E-state index is 0.0362. The number of benzene rings is 2. The minimum atomic E-state index is 0.0362. The van der Waals surface area contributed by atoms with Crippen molar-refractivity contribution in [2.24, 2.45) is 13.0 Å². The topological polar surface area (TPSA) is 53.4 Å². The monoisotopic (exact) mass is 415 g/mol. The van der Waals surface area contributed by atoms with Crippen molar-refractivity contribution >= 4 is 28.8 Å². The number of amides is 1. The summed E-state index contributed by atoms with van der Waals surface area (Å²) in [4.78, 5) is 18.1. The Hall–Kier alpha value is -3.28. The number of anilines is 4. The molecule has 1 amide bonds. The highest BCUT2D eigenvalue weighted by Crippen LogP contribution is 2.38. The summed E-state index contributed by atoms with van der Waals surface area (Å²) in [5.41, 5.74) is 6.64. The summed E-state index contributed by atoms with van der Waals surface area (Å²) < 4.78 is 1.84. The lowest BCUT2D eigenvalue weighted by atomic mass is 9.94. The fraction of sp³-hybridized carbons (Fsp3) is 0.360. The van der Waals surface area contributed by atoms with Crippen LogP contribution in [0.25, 0.3) is 0 Å². The molecule has 0 saturated carbocycles. The summed E-state index contributed by atoms with van der Waals surface area (Å²) >= 11 is 0. The molecule has 6 heteroatoms. The summed E-state index contributed by atoms with van der Waals surface area (Å²) in [7, 11) is 1.93. The van der Waals surface area contributed by atoms with Crippen LogP contribution >= 0.6 is 0 Å². The van der Waals surface area contributed by atoms with E-state index in [1.165, 1.54) is 11.3 Å². The zero-order valence-electron chi connectivity index (χ0n) is 18.4. The van der Waals surface area contributed by atoms with Crippen LogP contribution in [0.15, 0.2) is 48.7 Å². The first-order valence-corrected chi connectivity index (χ1v) is 11.0. The molecule has 0 bridgehead atoms. The Morgan fingerprint density at radius 2 is 1.74 bits per heavy atom. The van der Waals surface area contributed by atoms with E-state index >= 15 is 0 Å². The predicted molar refractivity (Wildman–Crippen MR) is 125 cm³/mol. The lowest BCUT2D eigenvalue weighted by Gasteiger charge is -2.35. The second-order valence-electron chi connectivity index (χ2n) is 8.81. The Labute approximate surface area is 183 Å². The number of nitrogens with one attached hydrogen (secondary N) is 1. The molecule has 5 rings (SSSR count). The molecule has 2 aliphatic rings. The molecule has 3 aromatic rings. The van der Waals surface area contributed by atoms with Gasteiger partial charge in [0.25, 0.3) is 0 Å². The van der Waals surface area contributed by atoms with Crippen LogP contribution in [-0.2, 0) is 18.4 Å². The minimum Gasteiger partial charge on any atom is -0.371 e. The lowest BCUT2D eigenvalue weighted by molar-refractivity contribution is -0.123. The van der Waals surface area contributed by atoms with Gasteiger partial charge in [-0.25, -0.2) is 0 Å². The molecular weight excluding hydrogens is 386 g/mol. The van der Waals surface area contributed by atoms with Crippen LogP contribution < -0.4 is 15.1 Å². The standard InChI is InChI=1S/C25H29N5O/c1-17-4-7-21(8-5-17)29-12-10-19(11-13-29)25(31)30-16-20-15-26-28(3)24(20)27-22-14-18(2)6-9-23(22)30/h4-9,14-15,19,27H,10-13,16H2,1-3H3. The Bertz CT molecular complexity index is 1110. The van der Waals surface area contributed by atoms with E-state index in [9.17, 15) is 4.79 Å². The molecule has 0 aliphatic carbocycles. The van der Waals surface area contributed by atoms with Crippen molar-refractivity contribution in [1.82, 2.24) is 9.78 Å². The van der Waals surface area contributed by atoms with Gasteiger partial charge < -0.3 is 15.1 Å². The Morgan fingerprint density at radius 3 is 2.48 bits per heavy atom. The highest BCUT2D eigenvalue weighted by atomic mass is 16.2. The quantitative estimate of drug-likeness (QED) is 0.667. The van der Waals surface area contributed by atoms with Crippen molar-refractivity contribution in [2.45, 2.75) is 33.2 Å². The number of fused-ring (bicyclic) bond motifs is 2. The number of piperidine rings is 1. The normalized spacial score (nSPS) is 16.4. The third-order valence-corrected chi connectivity index (χ3v) is 6.55. The van der Waals surface area contributed by atoms with Crippen LogP contribution in [0, 0.1) is 19.8 Å². The third kappa shape index (κ3) is 3.67. The van der Waals surface area contributed by atoms with Gasteiger partial charge in [-0.2, -0.15) is 5.10 Å². The van der Waals surface area contributed by atoms with Crippen molar-refractivity contribution in [3.63, 3.8) is 0 Å². The van der Waals surface area contributed by atoms with Gasteiger partial charge in [-0.15, -0.1) is 0 Å². The maximum atomic E-state index is 13.7. The summed E-state index contributed by atoms with van der Waals surface area (Å²) in [6, 6.07) is 14.9. The number of rotatable bonds is 2. The van der Waals surface area contributed by atoms with Gasteiger partial charge in [0.05, 0.1) is 24.1 Å². The largest absolute Gasteiger partial charge is 0.371 e. The first-order chi connectivity index (χ1) is 15.0. The first-order valence-electron chi connectivity index (χ1n) is 11.0. The second kappa shape index (κ2) is 7.76. The number of aromatic nitrogens is 2. The number of hydrogen-bond donors (Lipinski definition) is 1. The van der Waals surface area contributed by atoms with Gasteiger partial charge in [0.1, 0.15) is 5.82 Å². The number of aryl methyl sites for hydroxylation is 3. The summed E-state index contributed by atoms with van der Waals surface area (Å²) in [6.07, 6.45) is 3.61. The Morgan fingerprint density at radius 1 is 1.03 bits per heavy atom. The van der Waals surface area contributed by atoms with Crippen molar-refractivity contribution in [2.75, 3.05) is 28.2 Å². The molecule has 1 N–H and O–H groups in total. The van der Waals surface area contributed by atoms with Crippen LogP contribution in [0.5, 0.6) is 0 Å². The van der Waals surface area contributed by atoms with Crippen LogP contribution in [0.3, 0.4) is 0 Å². The van der Waals surface area contributed by atoms with E-state index in [4.69, 9.17) is 0 Å². The zero-order chi connectivity index (χ0) is 21.5. The predicted octanol–water partition coefficient (Wildman–Crippen LogP) is 4.54.